The lowest BCUT2D eigenvalue weighted by Gasteiger charge is -2.38. The lowest BCUT2D eigenvalue weighted by atomic mass is 9.75. The molecule has 2 aliphatic heterocycles. The van der Waals surface area contributed by atoms with E-state index in [1.165, 1.54) is 78.4 Å². The van der Waals surface area contributed by atoms with Gasteiger partial charge in [0.15, 0.2) is 0 Å². The van der Waals surface area contributed by atoms with Crippen molar-refractivity contribution in [2.45, 2.75) is 37.1 Å². The van der Waals surface area contributed by atoms with Crippen LogP contribution < -0.4 is 9.80 Å². The third kappa shape index (κ3) is 4.86. The van der Waals surface area contributed by atoms with E-state index < -0.39 is 0 Å². The van der Waals surface area contributed by atoms with Crippen LogP contribution >= 0.6 is 0 Å². The molecule has 53 heavy (non-hydrogen) atoms. The van der Waals surface area contributed by atoms with Crippen LogP contribution in [0.3, 0.4) is 0 Å². The fourth-order valence-electron chi connectivity index (χ4n) is 9.91. The highest BCUT2D eigenvalue weighted by atomic mass is 15.2. The molecule has 1 spiro atoms. The first kappa shape index (κ1) is 30.5. The second-order valence-corrected chi connectivity index (χ2v) is 15.4. The van der Waals surface area contributed by atoms with Crippen molar-refractivity contribution in [3.05, 3.63) is 215 Å². The monoisotopic (exact) mass is 680 g/mol. The van der Waals surface area contributed by atoms with Gasteiger partial charge in [0, 0.05) is 46.7 Å². The van der Waals surface area contributed by atoms with Crippen molar-refractivity contribution in [1.82, 2.24) is 0 Å². The first-order valence-electron chi connectivity index (χ1n) is 19.1. The van der Waals surface area contributed by atoms with E-state index in [2.05, 4.69) is 192 Å². The summed E-state index contributed by atoms with van der Waals surface area (Å²) in [4.78, 5) is 4.91. The summed E-state index contributed by atoms with van der Waals surface area (Å²) in [5.74, 6) is 0.518. The molecule has 11 rings (SSSR count). The zero-order valence-corrected chi connectivity index (χ0v) is 29.7. The minimum atomic E-state index is -0.0713. The standard InChI is InChI=1S/C51H40N2/c1-2-14-41-34-51(33-40(41)13-1)46-30-36(23-27-44(46)45-28-26-43(32-47(45)51)52-29-9-15-37-10-3-6-16-48(37)52)20-19-35-21-24-42(25-22-35)53-49-17-7-4-11-38(49)31-39-12-5-8-18-50(39)53/h1-14,16-30,32,37,48H,15,31,33-34H2. The number of para-hydroxylation sites is 2. The Morgan fingerprint density at radius 1 is 0.547 bits per heavy atom. The Hall–Kier alpha value is -6.12. The van der Waals surface area contributed by atoms with E-state index in [4.69, 9.17) is 0 Å². The van der Waals surface area contributed by atoms with Gasteiger partial charge in [-0.1, -0.05) is 140 Å². The summed E-state index contributed by atoms with van der Waals surface area (Å²) >= 11 is 0. The van der Waals surface area contributed by atoms with Gasteiger partial charge < -0.3 is 9.80 Å². The van der Waals surface area contributed by atoms with E-state index in [1.807, 2.05) is 0 Å². The van der Waals surface area contributed by atoms with Gasteiger partial charge in [-0.05, 0) is 111 Å². The molecule has 2 atom stereocenters. The molecule has 0 saturated carbocycles. The van der Waals surface area contributed by atoms with Crippen LogP contribution in [-0.2, 0) is 24.7 Å². The van der Waals surface area contributed by atoms with Crippen LogP contribution in [0, 0.1) is 5.92 Å². The third-order valence-corrected chi connectivity index (χ3v) is 12.4. The maximum absolute atomic E-state index is 2.52. The Labute approximate surface area is 312 Å². The molecule has 6 aromatic rings. The molecule has 0 aromatic heterocycles. The van der Waals surface area contributed by atoms with Crippen molar-refractivity contribution < 1.29 is 0 Å². The van der Waals surface area contributed by atoms with Gasteiger partial charge in [0.2, 0.25) is 0 Å². The highest BCUT2D eigenvalue weighted by molar-refractivity contribution is 5.87. The molecule has 0 N–H and O–H groups in total. The molecule has 2 unspecified atom stereocenters. The van der Waals surface area contributed by atoms with E-state index in [1.54, 1.807) is 0 Å². The van der Waals surface area contributed by atoms with Crippen molar-refractivity contribution in [3.8, 4) is 11.1 Å². The van der Waals surface area contributed by atoms with Gasteiger partial charge in [0.1, 0.15) is 0 Å². The van der Waals surface area contributed by atoms with Gasteiger partial charge in [-0.25, -0.2) is 0 Å². The average molecular weight is 681 g/mol. The number of anilines is 4. The molecule has 2 heteroatoms. The van der Waals surface area contributed by atoms with Crippen molar-refractivity contribution in [2.75, 3.05) is 9.80 Å². The predicted molar refractivity (Wildman–Crippen MR) is 221 cm³/mol. The number of nitrogens with zero attached hydrogens (tertiary/aromatic N) is 2. The Balaban J connectivity index is 0.933. The van der Waals surface area contributed by atoms with Gasteiger partial charge in [-0.2, -0.15) is 0 Å². The normalized spacial score (nSPS) is 19.5. The molecular formula is C51H40N2. The molecule has 3 aliphatic carbocycles. The molecule has 254 valence electrons. The van der Waals surface area contributed by atoms with Gasteiger partial charge in [0.25, 0.3) is 0 Å². The fraction of sp³-hybridized carbons (Fsp3) is 0.137. The van der Waals surface area contributed by atoms with Crippen LogP contribution in [0.25, 0.3) is 23.3 Å². The SMILES string of the molecule is C1=CC2CC=CN(c3ccc4c(c3)C3(Cc5ccccc5C3)c3cc(C=Cc5ccc(N6c7ccccc7Cc7ccccc76)cc5)ccc3-4)C2C=C1. The predicted octanol–water partition coefficient (Wildman–Crippen LogP) is 12.1. The van der Waals surface area contributed by atoms with Gasteiger partial charge in [-0.15, -0.1) is 0 Å². The number of hydrogen-bond acceptors (Lipinski definition) is 2. The lowest BCUT2D eigenvalue weighted by molar-refractivity contribution is 0.541. The highest BCUT2D eigenvalue weighted by Gasteiger charge is 2.47. The van der Waals surface area contributed by atoms with E-state index in [0.717, 1.165) is 25.7 Å². The van der Waals surface area contributed by atoms with Crippen molar-refractivity contribution in [1.29, 1.82) is 0 Å². The van der Waals surface area contributed by atoms with E-state index in [-0.39, 0.29) is 5.41 Å². The molecule has 2 nitrogen and oxygen atoms in total. The number of rotatable bonds is 4. The second-order valence-electron chi connectivity index (χ2n) is 15.4. The summed E-state index contributed by atoms with van der Waals surface area (Å²) in [5.41, 5.74) is 18.8. The largest absolute Gasteiger partial charge is 0.341 e. The minimum Gasteiger partial charge on any atom is -0.341 e. The summed E-state index contributed by atoms with van der Waals surface area (Å²) < 4.78 is 0. The van der Waals surface area contributed by atoms with E-state index in [0.29, 0.717) is 12.0 Å². The van der Waals surface area contributed by atoms with Crippen LogP contribution in [0.5, 0.6) is 0 Å². The molecule has 0 radical (unpaired) electrons. The van der Waals surface area contributed by atoms with Crippen molar-refractivity contribution >= 4 is 34.9 Å². The maximum Gasteiger partial charge on any atom is 0.0585 e. The van der Waals surface area contributed by atoms with Crippen molar-refractivity contribution in [2.24, 2.45) is 5.92 Å². The number of hydrogen-bond donors (Lipinski definition) is 0. The van der Waals surface area contributed by atoms with Crippen LogP contribution in [0.1, 0.15) is 50.9 Å². The molecule has 0 amide bonds. The zero-order valence-electron chi connectivity index (χ0n) is 29.7. The summed E-state index contributed by atoms with van der Waals surface area (Å²) in [7, 11) is 0. The smallest absolute Gasteiger partial charge is 0.0585 e. The quantitative estimate of drug-likeness (QED) is 0.171. The zero-order chi connectivity index (χ0) is 34.9. The fourth-order valence-corrected chi connectivity index (χ4v) is 9.91. The lowest BCUT2D eigenvalue weighted by Crippen LogP contribution is -2.38. The van der Waals surface area contributed by atoms with Crippen LogP contribution in [0.2, 0.25) is 0 Å². The Morgan fingerprint density at radius 2 is 1.13 bits per heavy atom. The second kappa shape index (κ2) is 12.0. The Bertz CT molecular complexity index is 2480. The summed E-state index contributed by atoms with van der Waals surface area (Å²) in [6, 6.07) is 50.5. The Morgan fingerprint density at radius 3 is 1.87 bits per heavy atom. The molecule has 5 aliphatic rings. The van der Waals surface area contributed by atoms with Gasteiger partial charge >= 0.3 is 0 Å². The molecule has 6 aromatic carbocycles. The number of fused-ring (bicyclic) bond motifs is 9. The van der Waals surface area contributed by atoms with Crippen molar-refractivity contribution in [3.63, 3.8) is 0 Å². The van der Waals surface area contributed by atoms with Gasteiger partial charge in [-0.3, -0.25) is 0 Å². The topological polar surface area (TPSA) is 6.48 Å². The number of allylic oxidation sites excluding steroid dienone is 3. The van der Waals surface area contributed by atoms with Crippen LogP contribution in [-0.4, -0.2) is 6.04 Å². The number of benzene rings is 6. The first-order chi connectivity index (χ1) is 26.2. The van der Waals surface area contributed by atoms with E-state index in [9.17, 15) is 0 Å². The summed E-state index contributed by atoms with van der Waals surface area (Å²) in [6.45, 7) is 0. The molecular weight excluding hydrogens is 641 g/mol. The van der Waals surface area contributed by atoms with Crippen LogP contribution in [0.4, 0.5) is 22.7 Å². The summed E-state index contributed by atoms with van der Waals surface area (Å²) in [5, 5.41) is 0. The average Bonchev–Trinajstić information content (AvgIpc) is 3.74. The molecule has 0 fully saturated rings. The third-order valence-electron chi connectivity index (χ3n) is 12.4. The highest BCUT2D eigenvalue weighted by Crippen LogP contribution is 2.56. The molecule has 0 bridgehead atoms. The first-order valence-corrected chi connectivity index (χ1v) is 19.1. The maximum atomic E-state index is 2.52. The van der Waals surface area contributed by atoms with E-state index >= 15 is 0 Å². The Kier molecular flexibility index (Phi) is 6.89. The molecule has 0 saturated heterocycles. The molecule has 2 heterocycles. The van der Waals surface area contributed by atoms with Gasteiger partial charge in [0.05, 0.1) is 6.04 Å². The summed E-state index contributed by atoms with van der Waals surface area (Å²) in [6.07, 6.45) is 22.5. The van der Waals surface area contributed by atoms with Crippen LogP contribution in [0.15, 0.2) is 170 Å². The minimum absolute atomic E-state index is 0.0713.